The number of nitrogens with zero attached hydrogens (tertiary/aromatic N) is 2. The van der Waals surface area contributed by atoms with E-state index in [-0.39, 0.29) is 11.9 Å². The number of para-hydroxylation sites is 2. The lowest BCUT2D eigenvalue weighted by atomic mass is 10.2. The largest absolute Gasteiger partial charge is 0.477 e. The van der Waals surface area contributed by atoms with E-state index in [0.717, 1.165) is 29.0 Å². The summed E-state index contributed by atoms with van der Waals surface area (Å²) < 4.78 is 5.48. The second-order valence-corrected chi connectivity index (χ2v) is 6.72. The van der Waals surface area contributed by atoms with E-state index in [2.05, 4.69) is 20.3 Å². The molecule has 0 saturated heterocycles. The Kier molecular flexibility index (Phi) is 6.12. The fourth-order valence-corrected chi connectivity index (χ4v) is 3.17. The standard InChI is InChI=1S/C19H22N4O2S/c1-3-25-19-13(7-6-11-20-19)18(24)23-16(10-12-26-2)17-21-14-8-4-5-9-15(14)22-17/h4-9,11,16H,3,10,12H2,1-2H3,(H,21,22)(H,23,24). The van der Waals surface area contributed by atoms with Crippen LogP contribution in [0.3, 0.4) is 0 Å². The van der Waals surface area contributed by atoms with Crippen molar-refractivity contribution >= 4 is 28.7 Å². The number of nitrogens with one attached hydrogen (secondary N) is 2. The molecule has 136 valence electrons. The van der Waals surface area contributed by atoms with Gasteiger partial charge in [0.1, 0.15) is 11.4 Å². The lowest BCUT2D eigenvalue weighted by Gasteiger charge is -2.17. The Morgan fingerprint density at radius 3 is 2.92 bits per heavy atom. The predicted octanol–water partition coefficient (Wildman–Crippen LogP) is 3.58. The van der Waals surface area contributed by atoms with Gasteiger partial charge in [0.25, 0.3) is 5.91 Å². The van der Waals surface area contributed by atoms with Crippen LogP contribution in [0.1, 0.15) is 35.6 Å². The van der Waals surface area contributed by atoms with Gasteiger partial charge in [0.05, 0.1) is 23.7 Å². The van der Waals surface area contributed by atoms with E-state index in [1.165, 1.54) is 0 Å². The third kappa shape index (κ3) is 4.16. The number of fused-ring (bicyclic) bond motifs is 1. The van der Waals surface area contributed by atoms with Crippen LogP contribution in [0.5, 0.6) is 5.88 Å². The van der Waals surface area contributed by atoms with Crippen molar-refractivity contribution in [1.29, 1.82) is 0 Å². The van der Waals surface area contributed by atoms with Crippen LogP contribution < -0.4 is 10.1 Å². The van der Waals surface area contributed by atoms with Crippen LogP contribution in [-0.4, -0.2) is 39.5 Å². The minimum absolute atomic E-state index is 0.211. The first-order valence-electron chi connectivity index (χ1n) is 8.55. The molecule has 1 amide bonds. The monoisotopic (exact) mass is 370 g/mol. The second-order valence-electron chi connectivity index (χ2n) is 5.74. The molecule has 0 fully saturated rings. The summed E-state index contributed by atoms with van der Waals surface area (Å²) in [6, 6.07) is 11.1. The molecule has 1 aromatic carbocycles. The fraction of sp³-hybridized carbons (Fsp3) is 0.316. The number of amides is 1. The van der Waals surface area contributed by atoms with Crippen molar-refractivity contribution < 1.29 is 9.53 Å². The van der Waals surface area contributed by atoms with E-state index < -0.39 is 0 Å². The first-order valence-corrected chi connectivity index (χ1v) is 9.94. The summed E-state index contributed by atoms with van der Waals surface area (Å²) >= 11 is 1.74. The number of pyridine rings is 1. The van der Waals surface area contributed by atoms with E-state index in [4.69, 9.17) is 4.74 Å². The lowest BCUT2D eigenvalue weighted by Crippen LogP contribution is -2.30. The highest BCUT2D eigenvalue weighted by molar-refractivity contribution is 7.98. The number of ether oxygens (including phenoxy) is 1. The summed E-state index contributed by atoms with van der Waals surface area (Å²) in [5.41, 5.74) is 2.28. The normalized spacial score (nSPS) is 12.1. The third-order valence-electron chi connectivity index (χ3n) is 3.95. The molecular weight excluding hydrogens is 348 g/mol. The number of imidazole rings is 1. The van der Waals surface area contributed by atoms with Gasteiger partial charge in [-0.15, -0.1) is 0 Å². The van der Waals surface area contributed by atoms with Crippen LogP contribution in [0.25, 0.3) is 11.0 Å². The topological polar surface area (TPSA) is 79.9 Å². The summed E-state index contributed by atoms with van der Waals surface area (Å²) in [5.74, 6) is 1.80. The zero-order valence-electron chi connectivity index (χ0n) is 14.9. The molecule has 1 atom stereocenters. The van der Waals surface area contributed by atoms with Gasteiger partial charge in [0, 0.05) is 6.20 Å². The molecule has 7 heteroatoms. The molecule has 1 unspecified atom stereocenters. The van der Waals surface area contributed by atoms with Crippen LogP contribution >= 0.6 is 11.8 Å². The third-order valence-corrected chi connectivity index (χ3v) is 4.59. The number of carbonyl (C=O) groups excluding carboxylic acids is 1. The molecule has 26 heavy (non-hydrogen) atoms. The quantitative estimate of drug-likeness (QED) is 0.633. The van der Waals surface area contributed by atoms with E-state index in [0.29, 0.717) is 18.1 Å². The number of hydrogen-bond acceptors (Lipinski definition) is 5. The Hall–Kier alpha value is -2.54. The van der Waals surface area contributed by atoms with Gasteiger partial charge in [-0.3, -0.25) is 4.79 Å². The summed E-state index contributed by atoms with van der Waals surface area (Å²) in [6.07, 6.45) is 4.44. The molecule has 6 nitrogen and oxygen atoms in total. The minimum atomic E-state index is -0.215. The summed E-state index contributed by atoms with van der Waals surface area (Å²) in [5, 5.41) is 3.08. The maximum atomic E-state index is 12.8. The van der Waals surface area contributed by atoms with Crippen LogP contribution in [0, 0.1) is 0 Å². The Morgan fingerprint density at radius 1 is 1.31 bits per heavy atom. The van der Waals surface area contributed by atoms with Crippen molar-refractivity contribution in [1.82, 2.24) is 20.3 Å². The average molecular weight is 370 g/mol. The maximum absolute atomic E-state index is 12.8. The highest BCUT2D eigenvalue weighted by Gasteiger charge is 2.21. The van der Waals surface area contributed by atoms with E-state index in [1.807, 2.05) is 37.4 Å². The number of hydrogen-bond donors (Lipinski definition) is 2. The molecule has 0 aliphatic carbocycles. The van der Waals surface area contributed by atoms with Crippen molar-refractivity contribution in [3.05, 3.63) is 54.0 Å². The fourth-order valence-electron chi connectivity index (χ4n) is 2.70. The molecule has 0 bridgehead atoms. The molecule has 3 aromatic rings. The number of rotatable bonds is 8. The SMILES string of the molecule is CCOc1ncccc1C(=O)NC(CCSC)c1nc2ccccc2[nH]1. The maximum Gasteiger partial charge on any atom is 0.257 e. The molecule has 2 heterocycles. The van der Waals surface area contributed by atoms with Gasteiger partial charge in [-0.25, -0.2) is 9.97 Å². The Balaban J connectivity index is 1.85. The molecule has 0 aliphatic heterocycles. The molecule has 2 aromatic heterocycles. The predicted molar refractivity (Wildman–Crippen MR) is 105 cm³/mol. The van der Waals surface area contributed by atoms with Crippen molar-refractivity contribution in [2.24, 2.45) is 0 Å². The average Bonchev–Trinajstić information content (AvgIpc) is 3.09. The highest BCUT2D eigenvalue weighted by atomic mass is 32.2. The van der Waals surface area contributed by atoms with Gasteiger partial charge in [0.15, 0.2) is 0 Å². The summed E-state index contributed by atoms with van der Waals surface area (Å²) in [4.78, 5) is 24.9. The van der Waals surface area contributed by atoms with Gasteiger partial charge in [-0.2, -0.15) is 11.8 Å². The smallest absolute Gasteiger partial charge is 0.257 e. The number of benzene rings is 1. The zero-order chi connectivity index (χ0) is 18.4. The van der Waals surface area contributed by atoms with Crippen molar-refractivity contribution in [2.75, 3.05) is 18.6 Å². The number of H-pyrrole nitrogens is 1. The Labute approximate surface area is 156 Å². The summed E-state index contributed by atoms with van der Waals surface area (Å²) in [7, 11) is 0. The number of aromatic amines is 1. The van der Waals surface area contributed by atoms with E-state index in [1.54, 1.807) is 30.1 Å². The Bertz CT molecular complexity index is 848. The molecule has 0 spiro atoms. The van der Waals surface area contributed by atoms with Gasteiger partial charge < -0.3 is 15.0 Å². The van der Waals surface area contributed by atoms with Gasteiger partial charge >= 0.3 is 0 Å². The van der Waals surface area contributed by atoms with Crippen LogP contribution in [0.15, 0.2) is 42.6 Å². The molecule has 3 rings (SSSR count). The van der Waals surface area contributed by atoms with Gasteiger partial charge in [0.2, 0.25) is 5.88 Å². The number of carbonyl (C=O) groups is 1. The van der Waals surface area contributed by atoms with Crippen molar-refractivity contribution in [3.63, 3.8) is 0 Å². The number of thioether (sulfide) groups is 1. The number of aromatic nitrogens is 3. The highest BCUT2D eigenvalue weighted by Crippen LogP contribution is 2.22. The summed E-state index contributed by atoms with van der Waals surface area (Å²) in [6.45, 7) is 2.32. The molecule has 0 saturated carbocycles. The van der Waals surface area contributed by atoms with Crippen LogP contribution in [-0.2, 0) is 0 Å². The van der Waals surface area contributed by atoms with Crippen LogP contribution in [0.2, 0.25) is 0 Å². The first kappa shape index (κ1) is 18.3. The van der Waals surface area contributed by atoms with E-state index >= 15 is 0 Å². The minimum Gasteiger partial charge on any atom is -0.477 e. The first-order chi connectivity index (χ1) is 12.7. The van der Waals surface area contributed by atoms with Gasteiger partial charge in [-0.05, 0) is 49.6 Å². The molecule has 2 N–H and O–H groups in total. The molecule has 0 aliphatic rings. The zero-order valence-corrected chi connectivity index (χ0v) is 15.7. The van der Waals surface area contributed by atoms with Crippen molar-refractivity contribution in [2.45, 2.75) is 19.4 Å². The second kappa shape index (κ2) is 8.71. The van der Waals surface area contributed by atoms with Crippen molar-refractivity contribution in [3.8, 4) is 5.88 Å². The Morgan fingerprint density at radius 2 is 2.15 bits per heavy atom. The van der Waals surface area contributed by atoms with Gasteiger partial charge in [-0.1, -0.05) is 12.1 Å². The molecule has 0 radical (unpaired) electrons. The van der Waals surface area contributed by atoms with Crippen LogP contribution in [0.4, 0.5) is 0 Å². The molecular formula is C19H22N4O2S. The van der Waals surface area contributed by atoms with E-state index in [9.17, 15) is 4.79 Å². The lowest BCUT2D eigenvalue weighted by molar-refractivity contribution is 0.0929.